The Kier molecular flexibility index (Phi) is 8.95. The van der Waals surface area contributed by atoms with Gasteiger partial charge in [-0.3, -0.25) is 10.1 Å². The number of urea groups is 1. The minimum Gasteiger partial charge on any atom is -0.334 e. The number of halogens is 2. The van der Waals surface area contributed by atoms with Crippen LogP contribution in [-0.2, 0) is 6.42 Å². The van der Waals surface area contributed by atoms with Crippen LogP contribution < -0.4 is 10.6 Å². The van der Waals surface area contributed by atoms with E-state index in [4.69, 9.17) is 23.2 Å². The highest BCUT2D eigenvalue weighted by Crippen LogP contribution is 2.27. The second kappa shape index (κ2) is 11.7. The van der Waals surface area contributed by atoms with E-state index in [0.29, 0.717) is 21.7 Å². The van der Waals surface area contributed by atoms with Crippen LogP contribution in [0.4, 0.5) is 16.2 Å². The van der Waals surface area contributed by atoms with Crippen molar-refractivity contribution in [1.29, 1.82) is 0 Å². The first kappa shape index (κ1) is 25.3. The summed E-state index contributed by atoms with van der Waals surface area (Å²) in [5, 5.41) is 17.9. The number of nitrogens with one attached hydrogen (secondary N) is 2. The van der Waals surface area contributed by atoms with Crippen LogP contribution in [0.2, 0.25) is 10.0 Å². The number of nitro groups is 1. The molecule has 3 rings (SSSR count). The maximum Gasteiger partial charge on any atom is 0.319 e. The highest BCUT2D eigenvalue weighted by Gasteiger charge is 2.24. The molecule has 2 aromatic carbocycles. The lowest BCUT2D eigenvalue weighted by Gasteiger charge is -2.35. The van der Waals surface area contributed by atoms with Crippen LogP contribution in [0.3, 0.4) is 0 Å². The Balaban J connectivity index is 1.49. The molecular formula is C24H30Cl2N4O3. The number of amides is 2. The van der Waals surface area contributed by atoms with Gasteiger partial charge >= 0.3 is 6.03 Å². The van der Waals surface area contributed by atoms with Gasteiger partial charge in [-0.05, 0) is 68.0 Å². The lowest BCUT2D eigenvalue weighted by atomic mass is 9.89. The zero-order chi connectivity index (χ0) is 24.0. The summed E-state index contributed by atoms with van der Waals surface area (Å²) in [7, 11) is 0. The minimum absolute atomic E-state index is 0.0321. The maximum absolute atomic E-state index is 12.5. The summed E-state index contributed by atoms with van der Waals surface area (Å²) in [5.41, 5.74) is 1.55. The maximum atomic E-state index is 12.5. The molecule has 0 bridgehead atoms. The fourth-order valence-corrected chi connectivity index (χ4v) is 4.43. The molecule has 1 heterocycles. The Morgan fingerprint density at radius 1 is 1.15 bits per heavy atom. The molecule has 0 radical (unpaired) electrons. The zero-order valence-corrected chi connectivity index (χ0v) is 20.4. The Bertz CT molecular complexity index is 978. The molecule has 1 aliphatic rings. The van der Waals surface area contributed by atoms with E-state index in [9.17, 15) is 14.9 Å². The average Bonchev–Trinajstić information content (AvgIpc) is 2.77. The van der Waals surface area contributed by atoms with Crippen molar-refractivity contribution >= 4 is 40.6 Å². The number of hydrogen-bond donors (Lipinski definition) is 2. The number of carbonyl (C=O) groups excluding carboxylic acids is 1. The SMILES string of the molecule is CC(C)[C@H](CN1CCC(Cc2ccc(Cl)c(Cl)c2)CC1)NC(=O)Nc1cccc([N+](=O)[O-])c1. The molecule has 2 amide bonds. The van der Waals surface area contributed by atoms with Gasteiger partial charge in [0.15, 0.2) is 0 Å². The summed E-state index contributed by atoms with van der Waals surface area (Å²) in [6, 6.07) is 11.4. The van der Waals surface area contributed by atoms with Crippen LogP contribution in [0.25, 0.3) is 0 Å². The lowest BCUT2D eigenvalue weighted by Crippen LogP contribution is -2.49. The Labute approximate surface area is 204 Å². The third kappa shape index (κ3) is 7.59. The molecule has 0 unspecified atom stereocenters. The van der Waals surface area contributed by atoms with E-state index in [-0.39, 0.29) is 23.7 Å². The fraction of sp³-hybridized carbons (Fsp3) is 0.458. The van der Waals surface area contributed by atoms with Gasteiger partial charge in [0.25, 0.3) is 5.69 Å². The van der Waals surface area contributed by atoms with E-state index in [1.165, 1.54) is 17.7 Å². The summed E-state index contributed by atoms with van der Waals surface area (Å²) in [4.78, 5) is 25.4. The second-order valence-electron chi connectivity index (χ2n) is 8.95. The highest BCUT2D eigenvalue weighted by molar-refractivity contribution is 6.42. The number of likely N-dealkylation sites (tertiary alicyclic amines) is 1. The summed E-state index contributed by atoms with van der Waals surface area (Å²) < 4.78 is 0. The standard InChI is InChI=1S/C24H30Cl2N4O3/c1-16(2)23(28-24(31)27-19-4-3-5-20(14-19)30(32)33)15-29-10-8-17(9-11-29)12-18-6-7-21(25)22(26)13-18/h3-7,13-14,16-17,23H,8-12,15H2,1-2H3,(H2,27,28,31)/t23-/m0/s1. The first-order chi connectivity index (χ1) is 15.7. The third-order valence-electron chi connectivity index (χ3n) is 6.11. The van der Waals surface area contributed by atoms with Gasteiger partial charge in [-0.2, -0.15) is 0 Å². The van der Waals surface area contributed by atoms with Crippen molar-refractivity contribution in [3.8, 4) is 0 Å². The third-order valence-corrected chi connectivity index (χ3v) is 6.85. The van der Waals surface area contributed by atoms with Gasteiger partial charge in [-0.15, -0.1) is 0 Å². The van der Waals surface area contributed by atoms with Crippen LogP contribution in [0.1, 0.15) is 32.3 Å². The minimum atomic E-state index is -0.481. The summed E-state index contributed by atoms with van der Waals surface area (Å²) >= 11 is 12.2. The topological polar surface area (TPSA) is 87.5 Å². The predicted octanol–water partition coefficient (Wildman–Crippen LogP) is 6.00. The van der Waals surface area contributed by atoms with Crippen molar-refractivity contribution in [3.05, 3.63) is 68.2 Å². The Hall–Kier alpha value is -2.35. The van der Waals surface area contributed by atoms with Crippen LogP contribution in [0.15, 0.2) is 42.5 Å². The van der Waals surface area contributed by atoms with Crippen molar-refractivity contribution in [3.63, 3.8) is 0 Å². The monoisotopic (exact) mass is 492 g/mol. The molecule has 0 spiro atoms. The second-order valence-corrected chi connectivity index (χ2v) is 9.77. The number of rotatable bonds is 8. The van der Waals surface area contributed by atoms with Crippen molar-refractivity contribution in [2.45, 2.75) is 39.2 Å². The van der Waals surface area contributed by atoms with Crippen LogP contribution in [0, 0.1) is 22.0 Å². The van der Waals surface area contributed by atoms with E-state index >= 15 is 0 Å². The van der Waals surface area contributed by atoms with Gasteiger partial charge in [-0.1, -0.05) is 49.2 Å². The van der Waals surface area contributed by atoms with E-state index in [1.807, 2.05) is 18.2 Å². The number of benzene rings is 2. The summed E-state index contributed by atoms with van der Waals surface area (Å²) in [5.74, 6) is 0.843. The van der Waals surface area contributed by atoms with E-state index in [0.717, 1.165) is 38.9 Å². The van der Waals surface area contributed by atoms with Gasteiger partial charge in [0.1, 0.15) is 0 Å². The zero-order valence-electron chi connectivity index (χ0n) is 18.9. The number of carbonyl (C=O) groups is 1. The molecule has 1 saturated heterocycles. The molecule has 1 aliphatic heterocycles. The summed E-state index contributed by atoms with van der Waals surface area (Å²) in [6.07, 6.45) is 3.16. The first-order valence-electron chi connectivity index (χ1n) is 11.2. The van der Waals surface area contributed by atoms with E-state index in [2.05, 4.69) is 29.4 Å². The lowest BCUT2D eigenvalue weighted by molar-refractivity contribution is -0.384. The number of hydrogen-bond acceptors (Lipinski definition) is 4. The molecule has 7 nitrogen and oxygen atoms in total. The number of anilines is 1. The molecule has 0 aliphatic carbocycles. The molecule has 0 saturated carbocycles. The largest absolute Gasteiger partial charge is 0.334 e. The molecule has 178 valence electrons. The molecule has 9 heteroatoms. The molecule has 1 fully saturated rings. The van der Waals surface area contributed by atoms with Crippen molar-refractivity contribution in [2.75, 3.05) is 25.0 Å². The number of nitro benzene ring substituents is 1. The molecular weight excluding hydrogens is 463 g/mol. The van der Waals surface area contributed by atoms with Gasteiger partial charge in [0.2, 0.25) is 0 Å². The predicted molar refractivity (Wildman–Crippen MR) is 133 cm³/mol. The van der Waals surface area contributed by atoms with Crippen molar-refractivity contribution < 1.29 is 9.72 Å². The van der Waals surface area contributed by atoms with Gasteiger partial charge in [-0.25, -0.2) is 4.79 Å². The van der Waals surface area contributed by atoms with Crippen molar-refractivity contribution in [2.24, 2.45) is 11.8 Å². The van der Waals surface area contributed by atoms with Crippen molar-refractivity contribution in [1.82, 2.24) is 10.2 Å². The first-order valence-corrected chi connectivity index (χ1v) is 11.9. The van der Waals surface area contributed by atoms with E-state index in [1.54, 1.807) is 12.1 Å². The number of nitrogens with zero attached hydrogens (tertiary/aromatic N) is 2. The number of non-ortho nitro benzene ring substituents is 1. The highest BCUT2D eigenvalue weighted by atomic mass is 35.5. The van der Waals surface area contributed by atoms with E-state index < -0.39 is 4.92 Å². The van der Waals surface area contributed by atoms with Gasteiger partial charge in [0.05, 0.1) is 15.0 Å². The smallest absolute Gasteiger partial charge is 0.319 e. The van der Waals surface area contributed by atoms with Gasteiger partial charge < -0.3 is 15.5 Å². The Morgan fingerprint density at radius 3 is 2.52 bits per heavy atom. The molecule has 33 heavy (non-hydrogen) atoms. The molecule has 0 aromatic heterocycles. The van der Waals surface area contributed by atoms with Crippen LogP contribution in [0.5, 0.6) is 0 Å². The fourth-order valence-electron chi connectivity index (χ4n) is 4.11. The van der Waals surface area contributed by atoms with Gasteiger partial charge in [0, 0.05) is 30.4 Å². The Morgan fingerprint density at radius 2 is 1.88 bits per heavy atom. The normalized spacial score (nSPS) is 15.9. The molecule has 2 aromatic rings. The number of piperidine rings is 1. The average molecular weight is 493 g/mol. The van der Waals surface area contributed by atoms with Crippen LogP contribution >= 0.6 is 23.2 Å². The summed E-state index contributed by atoms with van der Waals surface area (Å²) in [6.45, 7) is 6.87. The quantitative estimate of drug-likeness (QED) is 0.349. The molecule has 1 atom stereocenters. The molecule has 2 N–H and O–H groups in total. The van der Waals surface area contributed by atoms with Crippen LogP contribution in [-0.4, -0.2) is 41.5 Å².